The molecule has 1 fully saturated rings. The lowest BCUT2D eigenvalue weighted by Crippen LogP contribution is -2.47. The predicted molar refractivity (Wildman–Crippen MR) is 86.4 cm³/mol. The highest BCUT2D eigenvalue weighted by atomic mass is 79.9. The van der Waals surface area contributed by atoms with E-state index in [2.05, 4.69) is 44.9 Å². The van der Waals surface area contributed by atoms with Crippen molar-refractivity contribution >= 4 is 21.8 Å². The second kappa shape index (κ2) is 7.26. The average molecular weight is 358 g/mol. The number of nitrogens with two attached hydrogens (primary N) is 1. The quantitative estimate of drug-likeness (QED) is 0.366. The fraction of sp³-hybridized carbons (Fsp3) is 0.714. The summed E-state index contributed by atoms with van der Waals surface area (Å²) >= 11 is 3.68. The Kier molecular flexibility index (Phi) is 5.64. The van der Waals surface area contributed by atoms with Gasteiger partial charge in [-0.15, -0.1) is 0 Å². The monoisotopic (exact) mass is 357 g/mol. The smallest absolute Gasteiger partial charge is 0.156 e. The van der Waals surface area contributed by atoms with Gasteiger partial charge >= 0.3 is 0 Å². The van der Waals surface area contributed by atoms with Gasteiger partial charge in [-0.3, -0.25) is 9.58 Å². The molecule has 21 heavy (non-hydrogen) atoms. The Labute approximate surface area is 134 Å². The first-order valence-corrected chi connectivity index (χ1v) is 8.37. The van der Waals surface area contributed by atoms with E-state index in [1.165, 1.54) is 5.69 Å². The first kappa shape index (κ1) is 16.3. The minimum atomic E-state index is 0.0148. The summed E-state index contributed by atoms with van der Waals surface area (Å²) in [5, 5.41) is 16.8. The lowest BCUT2D eigenvalue weighted by Gasteiger charge is -2.34. The van der Waals surface area contributed by atoms with Gasteiger partial charge in [-0.25, -0.2) is 0 Å². The van der Waals surface area contributed by atoms with Gasteiger partial charge in [0.15, 0.2) is 5.84 Å². The van der Waals surface area contributed by atoms with Gasteiger partial charge < -0.3 is 10.9 Å². The zero-order valence-electron chi connectivity index (χ0n) is 12.7. The van der Waals surface area contributed by atoms with Gasteiger partial charge in [0.2, 0.25) is 0 Å². The third-order valence-electron chi connectivity index (χ3n) is 4.12. The lowest BCUT2D eigenvalue weighted by molar-refractivity contribution is 0.173. The normalized spacial score (nSPS) is 20.9. The van der Waals surface area contributed by atoms with Crippen LogP contribution in [0.5, 0.6) is 0 Å². The first-order chi connectivity index (χ1) is 10.1. The summed E-state index contributed by atoms with van der Waals surface area (Å²) in [7, 11) is 0. The number of hydrogen-bond acceptors (Lipinski definition) is 4. The molecule has 7 heteroatoms. The molecule has 2 heterocycles. The van der Waals surface area contributed by atoms with Crippen LogP contribution in [0.3, 0.4) is 0 Å². The predicted octanol–water partition coefficient (Wildman–Crippen LogP) is 2.33. The van der Waals surface area contributed by atoms with Crippen LogP contribution in [0.25, 0.3) is 0 Å². The summed E-state index contributed by atoms with van der Waals surface area (Å²) in [5.74, 6) is 0.309. The van der Waals surface area contributed by atoms with Crippen molar-refractivity contribution in [2.24, 2.45) is 10.9 Å². The van der Waals surface area contributed by atoms with Crippen molar-refractivity contribution in [2.45, 2.75) is 58.7 Å². The Morgan fingerprint density at radius 2 is 2.24 bits per heavy atom. The standard InChI is InChI=1S/C14H24BrN5O/c1-3-10-13(15)12(20(4-2)17-10)9-19-8-6-5-7-11(19)14(16)18-21/h11,21H,3-9H2,1-2H3,(H2,16,18). The van der Waals surface area contributed by atoms with Gasteiger partial charge in [0.1, 0.15) is 0 Å². The van der Waals surface area contributed by atoms with E-state index < -0.39 is 0 Å². The van der Waals surface area contributed by atoms with Crippen molar-refractivity contribution in [1.29, 1.82) is 0 Å². The first-order valence-electron chi connectivity index (χ1n) is 7.57. The average Bonchev–Trinajstić information content (AvgIpc) is 2.83. The highest BCUT2D eigenvalue weighted by molar-refractivity contribution is 9.10. The van der Waals surface area contributed by atoms with Crippen molar-refractivity contribution in [2.75, 3.05) is 6.54 Å². The summed E-state index contributed by atoms with van der Waals surface area (Å²) in [6, 6.07) is 0.0148. The topological polar surface area (TPSA) is 79.7 Å². The summed E-state index contributed by atoms with van der Waals surface area (Å²) in [5.41, 5.74) is 8.12. The van der Waals surface area contributed by atoms with Crippen LogP contribution in [-0.4, -0.2) is 38.3 Å². The second-order valence-corrected chi connectivity index (χ2v) is 6.18. The van der Waals surface area contributed by atoms with Crippen LogP contribution < -0.4 is 5.73 Å². The number of aromatic nitrogens is 2. The molecule has 3 N–H and O–H groups in total. The number of halogens is 1. The molecule has 0 amide bonds. The fourth-order valence-electron chi connectivity index (χ4n) is 2.94. The van der Waals surface area contributed by atoms with E-state index in [1.54, 1.807) is 0 Å². The number of rotatable bonds is 5. The molecule has 0 saturated carbocycles. The number of hydrogen-bond donors (Lipinski definition) is 2. The molecule has 6 nitrogen and oxygen atoms in total. The molecule has 1 saturated heterocycles. The number of nitrogens with zero attached hydrogens (tertiary/aromatic N) is 4. The van der Waals surface area contributed by atoms with E-state index >= 15 is 0 Å². The van der Waals surface area contributed by atoms with E-state index in [9.17, 15) is 0 Å². The highest BCUT2D eigenvalue weighted by Gasteiger charge is 2.28. The molecule has 1 aliphatic rings. The van der Waals surface area contributed by atoms with Gasteiger partial charge in [0.25, 0.3) is 0 Å². The van der Waals surface area contributed by atoms with E-state index in [4.69, 9.17) is 10.9 Å². The Bertz CT molecular complexity index is 514. The molecule has 118 valence electrons. The molecule has 1 atom stereocenters. The van der Waals surface area contributed by atoms with Crippen molar-refractivity contribution in [3.8, 4) is 0 Å². The van der Waals surface area contributed by atoms with Crippen LogP contribution in [0.2, 0.25) is 0 Å². The van der Waals surface area contributed by atoms with Crippen LogP contribution in [0.1, 0.15) is 44.5 Å². The molecule has 0 radical (unpaired) electrons. The Hall–Kier alpha value is -1.08. The maximum absolute atomic E-state index is 8.98. The zero-order valence-corrected chi connectivity index (χ0v) is 14.3. The van der Waals surface area contributed by atoms with Gasteiger partial charge in [-0.05, 0) is 48.7 Å². The van der Waals surface area contributed by atoms with Crippen LogP contribution in [0, 0.1) is 0 Å². The Morgan fingerprint density at radius 3 is 2.86 bits per heavy atom. The largest absolute Gasteiger partial charge is 0.409 e. The van der Waals surface area contributed by atoms with Crippen LogP contribution in [0.4, 0.5) is 0 Å². The number of piperidine rings is 1. The second-order valence-electron chi connectivity index (χ2n) is 5.38. The molecule has 1 aromatic rings. The van der Waals surface area contributed by atoms with E-state index in [1.807, 2.05) is 4.68 Å². The van der Waals surface area contributed by atoms with Crippen molar-refractivity contribution in [3.63, 3.8) is 0 Å². The third kappa shape index (κ3) is 3.40. The number of likely N-dealkylation sites (tertiary alicyclic amines) is 1. The minimum absolute atomic E-state index is 0.0148. The van der Waals surface area contributed by atoms with Crippen LogP contribution in [-0.2, 0) is 19.5 Å². The highest BCUT2D eigenvalue weighted by Crippen LogP contribution is 2.26. The van der Waals surface area contributed by atoms with E-state index in [-0.39, 0.29) is 6.04 Å². The van der Waals surface area contributed by atoms with E-state index in [0.29, 0.717) is 5.84 Å². The number of amidine groups is 1. The van der Waals surface area contributed by atoms with Crippen molar-refractivity contribution in [3.05, 3.63) is 15.9 Å². The molecule has 0 spiro atoms. The summed E-state index contributed by atoms with van der Waals surface area (Å²) in [4.78, 5) is 2.28. The molecule has 2 rings (SSSR count). The maximum atomic E-state index is 8.98. The minimum Gasteiger partial charge on any atom is -0.409 e. The molecule has 1 aliphatic heterocycles. The van der Waals surface area contributed by atoms with Gasteiger partial charge in [-0.1, -0.05) is 18.5 Å². The third-order valence-corrected chi connectivity index (χ3v) is 5.03. The number of oxime groups is 1. The zero-order chi connectivity index (χ0) is 15.4. The van der Waals surface area contributed by atoms with Crippen LogP contribution >= 0.6 is 15.9 Å². The molecule has 1 unspecified atom stereocenters. The van der Waals surface area contributed by atoms with E-state index in [0.717, 1.165) is 55.5 Å². The molecule has 0 bridgehead atoms. The molecular weight excluding hydrogens is 334 g/mol. The molecular formula is C14H24BrN5O. The summed E-state index contributed by atoms with van der Waals surface area (Å²) < 4.78 is 3.14. The van der Waals surface area contributed by atoms with Gasteiger partial charge in [-0.2, -0.15) is 5.10 Å². The Morgan fingerprint density at radius 1 is 1.48 bits per heavy atom. The van der Waals surface area contributed by atoms with Gasteiger partial charge in [0.05, 0.1) is 21.9 Å². The molecule has 0 aromatic carbocycles. The van der Waals surface area contributed by atoms with Crippen molar-refractivity contribution in [1.82, 2.24) is 14.7 Å². The SMILES string of the molecule is CCc1nn(CC)c(CN2CCCCC2C(N)=NO)c1Br. The maximum Gasteiger partial charge on any atom is 0.156 e. The summed E-state index contributed by atoms with van der Waals surface area (Å²) in [6.07, 6.45) is 4.11. The van der Waals surface area contributed by atoms with Gasteiger partial charge in [0, 0.05) is 13.1 Å². The van der Waals surface area contributed by atoms with Crippen molar-refractivity contribution < 1.29 is 5.21 Å². The van der Waals surface area contributed by atoms with Crippen LogP contribution in [0.15, 0.2) is 9.63 Å². The molecule has 1 aromatic heterocycles. The number of aryl methyl sites for hydroxylation is 2. The summed E-state index contributed by atoms with van der Waals surface area (Å²) in [6.45, 7) is 6.78. The fourth-order valence-corrected chi connectivity index (χ4v) is 3.63. The Balaban J connectivity index is 2.25. The lowest BCUT2D eigenvalue weighted by atomic mass is 10.0. The molecule has 0 aliphatic carbocycles.